The number of aromatic nitrogens is 1. The van der Waals surface area contributed by atoms with Gasteiger partial charge in [-0.25, -0.2) is 4.39 Å². The van der Waals surface area contributed by atoms with Crippen LogP contribution in [-0.2, 0) is 0 Å². The molecule has 2 unspecified atom stereocenters. The largest absolute Gasteiger partial charge is 0.310 e. The lowest BCUT2D eigenvalue weighted by Crippen LogP contribution is -2.26. The minimum Gasteiger partial charge on any atom is -0.310 e. The number of aryl methyl sites for hydroxylation is 1. The van der Waals surface area contributed by atoms with Crippen molar-refractivity contribution >= 4 is 0 Å². The van der Waals surface area contributed by atoms with Crippen LogP contribution in [0.1, 0.15) is 42.6 Å². The van der Waals surface area contributed by atoms with Crippen molar-refractivity contribution in [3.8, 4) is 0 Å². The Hall–Kier alpha value is -1.74. The number of nitrogens with one attached hydrogen (secondary N) is 1. The first kappa shape index (κ1) is 14.7. The summed E-state index contributed by atoms with van der Waals surface area (Å²) in [5.41, 5.74) is 2.82. The Morgan fingerprint density at radius 3 is 2.65 bits per heavy atom. The molecule has 2 atom stereocenters. The van der Waals surface area contributed by atoms with Gasteiger partial charge >= 0.3 is 0 Å². The fourth-order valence-corrected chi connectivity index (χ4v) is 2.48. The third-order valence-corrected chi connectivity index (χ3v) is 3.62. The van der Waals surface area contributed by atoms with E-state index in [0.29, 0.717) is 5.56 Å². The maximum Gasteiger partial charge on any atom is 0.126 e. The predicted octanol–water partition coefficient (Wildman–Crippen LogP) is 3.98. The average Bonchev–Trinajstić information content (AvgIpc) is 2.48. The zero-order valence-corrected chi connectivity index (χ0v) is 12.2. The first-order valence-electron chi connectivity index (χ1n) is 7.03. The van der Waals surface area contributed by atoms with E-state index in [4.69, 9.17) is 0 Å². The highest BCUT2D eigenvalue weighted by Gasteiger charge is 2.21. The molecular weight excluding hydrogens is 251 g/mol. The van der Waals surface area contributed by atoms with Gasteiger partial charge in [0.2, 0.25) is 0 Å². The smallest absolute Gasteiger partial charge is 0.126 e. The zero-order valence-electron chi connectivity index (χ0n) is 12.2. The molecule has 20 heavy (non-hydrogen) atoms. The second kappa shape index (κ2) is 6.62. The average molecular weight is 272 g/mol. The molecule has 1 aromatic carbocycles. The normalized spacial score (nSPS) is 14.0. The van der Waals surface area contributed by atoms with Gasteiger partial charge in [-0.05, 0) is 42.8 Å². The number of hydrogen-bond acceptors (Lipinski definition) is 2. The van der Waals surface area contributed by atoms with Gasteiger partial charge in [0, 0.05) is 23.9 Å². The zero-order chi connectivity index (χ0) is 14.5. The fraction of sp³-hybridized carbons (Fsp3) is 0.353. The van der Waals surface area contributed by atoms with Crippen molar-refractivity contribution in [2.45, 2.75) is 32.7 Å². The van der Waals surface area contributed by atoms with Crippen molar-refractivity contribution < 1.29 is 4.39 Å². The molecule has 1 heterocycles. The molecule has 0 aliphatic heterocycles. The molecule has 0 amide bonds. The molecule has 2 aromatic rings. The molecule has 0 fully saturated rings. The van der Waals surface area contributed by atoms with Crippen LogP contribution in [0.5, 0.6) is 0 Å². The monoisotopic (exact) mass is 272 g/mol. The van der Waals surface area contributed by atoms with Crippen LogP contribution in [0.3, 0.4) is 0 Å². The number of hydrogen-bond donors (Lipinski definition) is 1. The highest BCUT2D eigenvalue weighted by atomic mass is 19.1. The van der Waals surface area contributed by atoms with Crippen LogP contribution < -0.4 is 5.32 Å². The Morgan fingerprint density at radius 2 is 2.05 bits per heavy atom. The van der Waals surface area contributed by atoms with Gasteiger partial charge in [-0.1, -0.05) is 32.0 Å². The van der Waals surface area contributed by atoms with Gasteiger partial charge < -0.3 is 5.32 Å². The summed E-state index contributed by atoms with van der Waals surface area (Å²) in [5, 5.41) is 3.48. The first-order valence-corrected chi connectivity index (χ1v) is 7.03. The lowest BCUT2D eigenvalue weighted by Gasteiger charge is -2.25. The van der Waals surface area contributed by atoms with Crippen molar-refractivity contribution in [2.75, 3.05) is 6.54 Å². The van der Waals surface area contributed by atoms with E-state index in [0.717, 1.165) is 17.8 Å². The number of benzene rings is 1. The van der Waals surface area contributed by atoms with Gasteiger partial charge in [-0.3, -0.25) is 4.98 Å². The van der Waals surface area contributed by atoms with E-state index >= 15 is 0 Å². The van der Waals surface area contributed by atoms with Crippen molar-refractivity contribution in [2.24, 2.45) is 0 Å². The SMILES string of the molecule is CCNC(c1ccc(F)c(C)c1)C(C)c1ccccn1. The summed E-state index contributed by atoms with van der Waals surface area (Å²) in [5.74, 6) is 0.0653. The van der Waals surface area contributed by atoms with E-state index in [1.165, 1.54) is 0 Å². The molecule has 106 valence electrons. The van der Waals surface area contributed by atoms with Crippen LogP contribution in [0, 0.1) is 12.7 Å². The standard InChI is InChI=1S/C17H21FN2/c1-4-19-17(13(3)16-7-5-6-10-20-16)14-8-9-15(18)12(2)11-14/h5-11,13,17,19H,4H2,1-3H3. The molecule has 3 heteroatoms. The Bertz CT molecular complexity index is 554. The molecule has 2 rings (SSSR count). The van der Waals surface area contributed by atoms with Gasteiger partial charge in [0.15, 0.2) is 0 Å². The molecule has 2 nitrogen and oxygen atoms in total. The molecule has 0 saturated carbocycles. The molecule has 0 spiro atoms. The molecule has 1 aromatic heterocycles. The molecule has 0 aliphatic carbocycles. The van der Waals surface area contributed by atoms with Gasteiger partial charge in [-0.2, -0.15) is 0 Å². The maximum atomic E-state index is 13.4. The van der Waals surface area contributed by atoms with E-state index in [9.17, 15) is 4.39 Å². The Kier molecular flexibility index (Phi) is 4.85. The van der Waals surface area contributed by atoms with E-state index in [1.54, 1.807) is 13.0 Å². The number of halogens is 1. The van der Waals surface area contributed by atoms with Crippen molar-refractivity contribution in [1.29, 1.82) is 0 Å². The van der Waals surface area contributed by atoms with Crippen LogP contribution in [0.15, 0.2) is 42.6 Å². The van der Waals surface area contributed by atoms with Crippen molar-refractivity contribution in [3.63, 3.8) is 0 Å². The predicted molar refractivity (Wildman–Crippen MR) is 80.2 cm³/mol. The highest BCUT2D eigenvalue weighted by molar-refractivity contribution is 5.29. The summed E-state index contributed by atoms with van der Waals surface area (Å²) in [6.07, 6.45) is 1.81. The lowest BCUT2D eigenvalue weighted by molar-refractivity contribution is 0.471. The second-order valence-corrected chi connectivity index (χ2v) is 5.09. The third kappa shape index (κ3) is 3.23. The van der Waals surface area contributed by atoms with Crippen LogP contribution >= 0.6 is 0 Å². The van der Waals surface area contributed by atoms with E-state index in [1.807, 2.05) is 36.5 Å². The van der Waals surface area contributed by atoms with Crippen molar-refractivity contribution in [1.82, 2.24) is 10.3 Å². The third-order valence-electron chi connectivity index (χ3n) is 3.62. The van der Waals surface area contributed by atoms with Crippen LogP contribution in [-0.4, -0.2) is 11.5 Å². The number of likely N-dealkylation sites (N-methyl/N-ethyl adjacent to an activating group) is 1. The van der Waals surface area contributed by atoms with Gasteiger partial charge in [0.05, 0.1) is 0 Å². The molecule has 0 bridgehead atoms. The molecule has 1 N–H and O–H groups in total. The van der Waals surface area contributed by atoms with Gasteiger partial charge in [0.25, 0.3) is 0 Å². The fourth-order valence-electron chi connectivity index (χ4n) is 2.48. The minimum absolute atomic E-state index is 0.134. The molecule has 0 saturated heterocycles. The van der Waals surface area contributed by atoms with Crippen LogP contribution in [0.4, 0.5) is 4.39 Å². The van der Waals surface area contributed by atoms with Gasteiger partial charge in [-0.15, -0.1) is 0 Å². The summed E-state index contributed by atoms with van der Waals surface area (Å²) >= 11 is 0. The summed E-state index contributed by atoms with van der Waals surface area (Å²) in [6, 6.07) is 11.4. The minimum atomic E-state index is -0.158. The van der Waals surface area contributed by atoms with Gasteiger partial charge in [0.1, 0.15) is 5.82 Å². The summed E-state index contributed by atoms with van der Waals surface area (Å²) in [6.45, 7) is 6.88. The van der Waals surface area contributed by atoms with E-state index < -0.39 is 0 Å². The Balaban J connectivity index is 2.33. The number of nitrogens with zero attached hydrogens (tertiary/aromatic N) is 1. The summed E-state index contributed by atoms with van der Waals surface area (Å²) < 4.78 is 13.4. The van der Waals surface area contributed by atoms with E-state index in [-0.39, 0.29) is 17.8 Å². The quantitative estimate of drug-likeness (QED) is 0.890. The number of pyridine rings is 1. The second-order valence-electron chi connectivity index (χ2n) is 5.09. The lowest BCUT2D eigenvalue weighted by atomic mass is 9.90. The first-order chi connectivity index (χ1) is 9.63. The Labute approximate surface area is 120 Å². The topological polar surface area (TPSA) is 24.9 Å². The molecule has 0 aliphatic rings. The summed E-state index contributed by atoms with van der Waals surface area (Å²) in [4.78, 5) is 4.43. The highest BCUT2D eigenvalue weighted by Crippen LogP contribution is 2.30. The van der Waals surface area contributed by atoms with E-state index in [2.05, 4.69) is 24.1 Å². The van der Waals surface area contributed by atoms with Crippen LogP contribution in [0.2, 0.25) is 0 Å². The summed E-state index contributed by atoms with van der Waals surface area (Å²) in [7, 11) is 0. The number of rotatable bonds is 5. The van der Waals surface area contributed by atoms with Crippen molar-refractivity contribution in [3.05, 3.63) is 65.2 Å². The molecular formula is C17H21FN2. The maximum absolute atomic E-state index is 13.4. The van der Waals surface area contributed by atoms with Crippen LogP contribution in [0.25, 0.3) is 0 Å². The Morgan fingerprint density at radius 1 is 1.25 bits per heavy atom. The molecule has 0 radical (unpaired) electrons.